The van der Waals surface area contributed by atoms with E-state index in [0.717, 1.165) is 37.6 Å². The van der Waals surface area contributed by atoms with Gasteiger partial charge in [0.05, 0.1) is 18.7 Å². The van der Waals surface area contributed by atoms with Crippen LogP contribution in [0.15, 0.2) is 60.1 Å². The molecule has 28 heavy (non-hydrogen) atoms. The van der Waals surface area contributed by atoms with E-state index in [-0.39, 0.29) is 12.0 Å². The second-order valence-electron chi connectivity index (χ2n) is 7.06. The van der Waals surface area contributed by atoms with E-state index in [4.69, 9.17) is 4.74 Å². The standard InChI is InChI=1S/C22H21N3O2S/c26-22(25-10-9-16-4-1-2-5-18(16)25)17-7-8-21(23-14-17)24-11-12-27-19(15-24)20-6-3-13-28-20/h1-8,13-14,19H,9-12,15H2. The SMILES string of the molecule is O=C(c1ccc(N2CCOC(c3cccs3)C2)nc1)N1CCc2ccccc21. The second-order valence-corrected chi connectivity index (χ2v) is 8.04. The van der Waals surface area contributed by atoms with Gasteiger partial charge in [-0.05, 0) is 41.6 Å². The lowest BCUT2D eigenvalue weighted by atomic mass is 10.2. The van der Waals surface area contributed by atoms with E-state index < -0.39 is 0 Å². The maximum Gasteiger partial charge on any atom is 0.259 e. The van der Waals surface area contributed by atoms with Crippen molar-refractivity contribution in [3.05, 3.63) is 76.1 Å². The van der Waals surface area contributed by atoms with Crippen molar-refractivity contribution in [1.29, 1.82) is 0 Å². The molecule has 1 unspecified atom stereocenters. The van der Waals surface area contributed by atoms with Gasteiger partial charge in [-0.1, -0.05) is 24.3 Å². The highest BCUT2D eigenvalue weighted by atomic mass is 32.1. The van der Waals surface area contributed by atoms with Gasteiger partial charge >= 0.3 is 0 Å². The van der Waals surface area contributed by atoms with Gasteiger partial charge in [-0.3, -0.25) is 4.79 Å². The van der Waals surface area contributed by atoms with Crippen LogP contribution in [0.25, 0.3) is 0 Å². The number of pyridine rings is 1. The maximum atomic E-state index is 13.0. The normalized spacial score (nSPS) is 18.9. The number of carbonyl (C=O) groups excluding carboxylic acids is 1. The van der Waals surface area contributed by atoms with Crippen molar-refractivity contribution in [3.63, 3.8) is 0 Å². The molecule has 1 saturated heterocycles. The first-order valence-corrected chi connectivity index (χ1v) is 10.4. The van der Waals surface area contributed by atoms with E-state index in [9.17, 15) is 4.79 Å². The Balaban J connectivity index is 1.31. The van der Waals surface area contributed by atoms with Crippen LogP contribution in [0.3, 0.4) is 0 Å². The van der Waals surface area contributed by atoms with Crippen LogP contribution >= 0.6 is 11.3 Å². The Labute approximate surface area is 168 Å². The molecule has 142 valence electrons. The topological polar surface area (TPSA) is 45.7 Å². The van der Waals surface area contributed by atoms with Gasteiger partial charge in [0.2, 0.25) is 0 Å². The average Bonchev–Trinajstić information content (AvgIpc) is 3.44. The highest BCUT2D eigenvalue weighted by molar-refractivity contribution is 7.10. The molecule has 4 heterocycles. The van der Waals surface area contributed by atoms with Crippen LogP contribution in [0.5, 0.6) is 0 Å². The zero-order valence-corrected chi connectivity index (χ0v) is 16.3. The van der Waals surface area contributed by atoms with E-state index in [1.165, 1.54) is 10.4 Å². The lowest BCUT2D eigenvalue weighted by molar-refractivity contribution is 0.0418. The molecule has 0 saturated carbocycles. The summed E-state index contributed by atoms with van der Waals surface area (Å²) in [6.45, 7) is 2.99. The summed E-state index contributed by atoms with van der Waals surface area (Å²) >= 11 is 1.72. The van der Waals surface area contributed by atoms with Gasteiger partial charge < -0.3 is 14.5 Å². The number of hydrogen-bond acceptors (Lipinski definition) is 5. The number of fused-ring (bicyclic) bond motifs is 1. The monoisotopic (exact) mass is 391 g/mol. The Morgan fingerprint density at radius 1 is 1.11 bits per heavy atom. The quantitative estimate of drug-likeness (QED) is 0.679. The number of anilines is 2. The number of benzene rings is 1. The molecular formula is C22H21N3O2S. The van der Waals surface area contributed by atoms with Crippen LogP contribution in [0.4, 0.5) is 11.5 Å². The Kier molecular flexibility index (Phi) is 4.58. The molecule has 1 atom stereocenters. The molecule has 3 aromatic rings. The number of amides is 1. The predicted molar refractivity (Wildman–Crippen MR) is 111 cm³/mol. The minimum atomic E-state index is 0.0161. The van der Waals surface area contributed by atoms with Crippen LogP contribution in [-0.2, 0) is 11.2 Å². The van der Waals surface area contributed by atoms with E-state index in [1.807, 2.05) is 35.2 Å². The number of para-hydroxylation sites is 1. The summed E-state index contributed by atoms with van der Waals surface area (Å²) in [4.78, 5) is 22.9. The van der Waals surface area contributed by atoms with Gasteiger partial charge in [-0.25, -0.2) is 4.98 Å². The van der Waals surface area contributed by atoms with E-state index in [2.05, 4.69) is 33.5 Å². The number of thiophene rings is 1. The van der Waals surface area contributed by atoms with Gasteiger partial charge in [0, 0.05) is 29.9 Å². The summed E-state index contributed by atoms with van der Waals surface area (Å²) in [5.41, 5.74) is 2.88. The molecule has 1 fully saturated rings. The molecule has 5 nitrogen and oxygen atoms in total. The average molecular weight is 391 g/mol. The molecule has 0 N–H and O–H groups in total. The zero-order chi connectivity index (χ0) is 18.9. The lowest BCUT2D eigenvalue weighted by Crippen LogP contribution is -2.38. The molecule has 1 amide bonds. The van der Waals surface area contributed by atoms with Crippen molar-refractivity contribution in [1.82, 2.24) is 4.98 Å². The van der Waals surface area contributed by atoms with Gasteiger partial charge in [0.15, 0.2) is 0 Å². The molecule has 6 heteroatoms. The summed E-state index contributed by atoms with van der Waals surface area (Å²) in [6.07, 6.45) is 2.69. The Bertz CT molecular complexity index is 972. The van der Waals surface area contributed by atoms with Crippen LogP contribution in [0.2, 0.25) is 0 Å². The number of aromatic nitrogens is 1. The fraction of sp³-hybridized carbons (Fsp3) is 0.273. The summed E-state index contributed by atoms with van der Waals surface area (Å²) in [6, 6.07) is 16.1. The highest BCUT2D eigenvalue weighted by Crippen LogP contribution is 2.30. The van der Waals surface area contributed by atoms with Crippen molar-refractivity contribution in [2.24, 2.45) is 0 Å². The second kappa shape index (κ2) is 7.37. The fourth-order valence-electron chi connectivity index (χ4n) is 3.91. The number of ether oxygens (including phenoxy) is 1. The number of carbonyl (C=O) groups is 1. The third-order valence-electron chi connectivity index (χ3n) is 5.38. The first-order chi connectivity index (χ1) is 13.8. The lowest BCUT2D eigenvalue weighted by Gasteiger charge is -2.33. The van der Waals surface area contributed by atoms with Crippen molar-refractivity contribution in [2.45, 2.75) is 12.5 Å². The third-order valence-corrected chi connectivity index (χ3v) is 6.34. The highest BCUT2D eigenvalue weighted by Gasteiger charge is 2.26. The first kappa shape index (κ1) is 17.4. The number of hydrogen-bond donors (Lipinski definition) is 0. The van der Waals surface area contributed by atoms with Crippen LogP contribution < -0.4 is 9.80 Å². The summed E-state index contributed by atoms with van der Waals surface area (Å²) in [5, 5.41) is 2.08. The molecule has 1 aromatic carbocycles. The molecule has 0 radical (unpaired) electrons. The molecule has 0 bridgehead atoms. The first-order valence-electron chi connectivity index (χ1n) is 9.55. The van der Waals surface area contributed by atoms with Crippen molar-refractivity contribution >= 4 is 28.7 Å². The third kappa shape index (κ3) is 3.19. The molecular weight excluding hydrogens is 370 g/mol. The number of rotatable bonds is 3. The largest absolute Gasteiger partial charge is 0.369 e. The van der Waals surface area contributed by atoms with Gasteiger partial charge in [-0.15, -0.1) is 11.3 Å². The minimum absolute atomic E-state index is 0.0161. The van der Waals surface area contributed by atoms with Crippen molar-refractivity contribution in [3.8, 4) is 0 Å². The fourth-order valence-corrected chi connectivity index (χ4v) is 4.67. The van der Waals surface area contributed by atoms with Crippen LogP contribution in [-0.4, -0.2) is 37.1 Å². The van der Waals surface area contributed by atoms with Gasteiger partial charge in [0.25, 0.3) is 5.91 Å². The van der Waals surface area contributed by atoms with E-state index in [1.54, 1.807) is 17.5 Å². The molecule has 0 aliphatic carbocycles. The van der Waals surface area contributed by atoms with Crippen LogP contribution in [0, 0.1) is 0 Å². The summed E-state index contributed by atoms with van der Waals surface area (Å²) in [7, 11) is 0. The van der Waals surface area contributed by atoms with Crippen molar-refractivity contribution < 1.29 is 9.53 Å². The Morgan fingerprint density at radius 2 is 2.04 bits per heavy atom. The smallest absolute Gasteiger partial charge is 0.259 e. The summed E-state index contributed by atoms with van der Waals surface area (Å²) in [5.74, 6) is 0.908. The molecule has 2 aliphatic rings. The summed E-state index contributed by atoms with van der Waals surface area (Å²) < 4.78 is 5.92. The zero-order valence-electron chi connectivity index (χ0n) is 15.5. The Hall–Kier alpha value is -2.70. The minimum Gasteiger partial charge on any atom is -0.369 e. The van der Waals surface area contributed by atoms with Crippen LogP contribution in [0.1, 0.15) is 26.9 Å². The molecule has 0 spiro atoms. The number of nitrogens with zero attached hydrogens (tertiary/aromatic N) is 3. The Morgan fingerprint density at radius 3 is 2.86 bits per heavy atom. The van der Waals surface area contributed by atoms with Gasteiger partial charge in [0.1, 0.15) is 11.9 Å². The van der Waals surface area contributed by atoms with Crippen molar-refractivity contribution in [2.75, 3.05) is 36.0 Å². The van der Waals surface area contributed by atoms with E-state index >= 15 is 0 Å². The molecule has 5 rings (SSSR count). The number of morpholine rings is 1. The predicted octanol–water partition coefficient (Wildman–Crippen LogP) is 3.92. The molecule has 2 aliphatic heterocycles. The maximum absolute atomic E-state index is 13.0. The van der Waals surface area contributed by atoms with Gasteiger partial charge in [-0.2, -0.15) is 0 Å². The molecule has 2 aromatic heterocycles. The van der Waals surface area contributed by atoms with E-state index in [0.29, 0.717) is 12.2 Å².